The van der Waals surface area contributed by atoms with Crippen molar-refractivity contribution in [3.8, 4) is 0 Å². The van der Waals surface area contributed by atoms with Gasteiger partial charge in [0, 0.05) is 25.7 Å². The predicted molar refractivity (Wildman–Crippen MR) is 78.1 cm³/mol. The van der Waals surface area contributed by atoms with E-state index >= 15 is 0 Å². The number of nitrogens with zero attached hydrogens (tertiary/aromatic N) is 5. The first-order valence-corrected chi connectivity index (χ1v) is 7.15. The molecule has 3 aromatic rings. The maximum Gasteiger partial charge on any atom is 0.201 e. The van der Waals surface area contributed by atoms with Crippen molar-refractivity contribution in [3.63, 3.8) is 0 Å². The number of aryl methyl sites for hydroxylation is 1. The molecule has 20 heavy (non-hydrogen) atoms. The van der Waals surface area contributed by atoms with Gasteiger partial charge in [0.2, 0.25) is 5.16 Å². The summed E-state index contributed by atoms with van der Waals surface area (Å²) in [4.78, 5) is 8.90. The zero-order chi connectivity index (χ0) is 13.9. The Bertz CT molecular complexity index is 716. The molecule has 0 radical (unpaired) electrons. The normalized spacial score (nSPS) is 10.9. The number of anilines is 1. The molecule has 0 spiro atoms. The van der Waals surface area contributed by atoms with Gasteiger partial charge in [-0.05, 0) is 23.9 Å². The van der Waals surface area contributed by atoms with Gasteiger partial charge in [-0.2, -0.15) is 0 Å². The fourth-order valence-corrected chi connectivity index (χ4v) is 2.64. The highest BCUT2D eigenvalue weighted by Gasteiger charge is 2.09. The minimum Gasteiger partial charge on any atom is -0.373 e. The second-order valence-electron chi connectivity index (χ2n) is 4.12. The fourth-order valence-electron chi connectivity index (χ4n) is 1.79. The van der Waals surface area contributed by atoms with E-state index in [0.717, 1.165) is 33.9 Å². The fraction of sp³-hybridized carbons (Fsp3) is 0.231. The third kappa shape index (κ3) is 2.44. The Balaban J connectivity index is 1.98. The average Bonchev–Trinajstić information content (AvgIpc) is 2.90. The van der Waals surface area contributed by atoms with Crippen molar-refractivity contribution in [2.45, 2.75) is 23.5 Å². The SMILES string of the molecule is CCc1nc(NC)cc(Sc2nnc3ccccn23)n1. The molecule has 0 aromatic carbocycles. The maximum atomic E-state index is 4.51. The zero-order valence-electron chi connectivity index (χ0n) is 11.2. The Morgan fingerprint density at radius 3 is 2.95 bits per heavy atom. The molecule has 0 saturated carbocycles. The van der Waals surface area contributed by atoms with Gasteiger partial charge in [-0.3, -0.25) is 4.40 Å². The highest BCUT2D eigenvalue weighted by Crippen LogP contribution is 2.26. The van der Waals surface area contributed by atoms with E-state index in [1.807, 2.05) is 48.8 Å². The largest absolute Gasteiger partial charge is 0.373 e. The molecule has 0 amide bonds. The Labute approximate surface area is 120 Å². The summed E-state index contributed by atoms with van der Waals surface area (Å²) in [6.07, 6.45) is 2.74. The van der Waals surface area contributed by atoms with E-state index in [9.17, 15) is 0 Å². The highest BCUT2D eigenvalue weighted by molar-refractivity contribution is 7.99. The van der Waals surface area contributed by atoms with Crippen molar-refractivity contribution in [2.75, 3.05) is 12.4 Å². The Hall–Kier alpha value is -2.15. The molecule has 102 valence electrons. The molecule has 0 fully saturated rings. The lowest BCUT2D eigenvalue weighted by Crippen LogP contribution is -2.00. The van der Waals surface area contributed by atoms with E-state index in [1.54, 1.807) is 0 Å². The smallest absolute Gasteiger partial charge is 0.201 e. The van der Waals surface area contributed by atoms with Gasteiger partial charge < -0.3 is 5.32 Å². The van der Waals surface area contributed by atoms with Gasteiger partial charge in [-0.25, -0.2) is 9.97 Å². The van der Waals surface area contributed by atoms with Gasteiger partial charge >= 0.3 is 0 Å². The molecule has 0 saturated heterocycles. The highest BCUT2D eigenvalue weighted by atomic mass is 32.2. The molecule has 0 bridgehead atoms. The average molecular weight is 286 g/mol. The van der Waals surface area contributed by atoms with Crippen LogP contribution < -0.4 is 5.32 Å². The first-order chi connectivity index (χ1) is 9.80. The molecule has 0 aliphatic heterocycles. The third-order valence-electron chi connectivity index (χ3n) is 2.80. The van der Waals surface area contributed by atoms with Crippen molar-refractivity contribution in [2.24, 2.45) is 0 Å². The van der Waals surface area contributed by atoms with E-state index in [1.165, 1.54) is 11.8 Å². The summed E-state index contributed by atoms with van der Waals surface area (Å²) in [5.41, 5.74) is 0.827. The van der Waals surface area contributed by atoms with Gasteiger partial charge in [0.15, 0.2) is 5.65 Å². The Morgan fingerprint density at radius 2 is 2.15 bits per heavy atom. The van der Waals surface area contributed by atoms with Crippen LogP contribution in [0.5, 0.6) is 0 Å². The number of pyridine rings is 1. The van der Waals surface area contributed by atoms with Crippen molar-refractivity contribution >= 4 is 23.2 Å². The van der Waals surface area contributed by atoms with E-state index in [-0.39, 0.29) is 0 Å². The minimum atomic E-state index is 0.795. The number of rotatable bonds is 4. The first kappa shape index (κ1) is 12.9. The lowest BCUT2D eigenvalue weighted by molar-refractivity contribution is 0.878. The number of nitrogens with one attached hydrogen (secondary N) is 1. The second-order valence-corrected chi connectivity index (χ2v) is 5.11. The first-order valence-electron chi connectivity index (χ1n) is 6.33. The minimum absolute atomic E-state index is 0.795. The van der Waals surface area contributed by atoms with Gasteiger partial charge in [-0.15, -0.1) is 10.2 Å². The van der Waals surface area contributed by atoms with Gasteiger partial charge in [-0.1, -0.05) is 13.0 Å². The molecule has 6 nitrogen and oxygen atoms in total. The van der Waals surface area contributed by atoms with Crippen LogP contribution in [0.3, 0.4) is 0 Å². The molecule has 3 heterocycles. The molecule has 3 aromatic heterocycles. The zero-order valence-corrected chi connectivity index (χ0v) is 12.1. The second kappa shape index (κ2) is 5.46. The summed E-state index contributed by atoms with van der Waals surface area (Å²) in [6, 6.07) is 7.73. The summed E-state index contributed by atoms with van der Waals surface area (Å²) in [7, 11) is 1.85. The van der Waals surface area contributed by atoms with Crippen LogP contribution in [-0.4, -0.2) is 31.6 Å². The molecule has 7 heteroatoms. The molecular formula is C13H14N6S. The Kier molecular flexibility index (Phi) is 3.51. The third-order valence-corrected chi connectivity index (χ3v) is 3.68. The van der Waals surface area contributed by atoms with E-state index in [0.29, 0.717) is 0 Å². The van der Waals surface area contributed by atoms with Crippen LogP contribution in [0, 0.1) is 0 Å². The lowest BCUT2D eigenvalue weighted by atomic mass is 10.4. The van der Waals surface area contributed by atoms with Crippen LogP contribution in [0.1, 0.15) is 12.7 Å². The van der Waals surface area contributed by atoms with E-state index < -0.39 is 0 Å². The van der Waals surface area contributed by atoms with Crippen molar-refractivity contribution < 1.29 is 0 Å². The number of hydrogen-bond acceptors (Lipinski definition) is 6. The Morgan fingerprint density at radius 1 is 1.25 bits per heavy atom. The van der Waals surface area contributed by atoms with E-state index in [4.69, 9.17) is 0 Å². The molecule has 0 unspecified atom stereocenters. The van der Waals surface area contributed by atoms with Crippen LogP contribution in [-0.2, 0) is 6.42 Å². The summed E-state index contributed by atoms with van der Waals surface area (Å²) in [5.74, 6) is 1.63. The molecule has 1 N–H and O–H groups in total. The molecule has 0 aliphatic carbocycles. The van der Waals surface area contributed by atoms with Gasteiger partial charge in [0.05, 0.1) is 0 Å². The summed E-state index contributed by atoms with van der Waals surface area (Å²) >= 11 is 1.48. The van der Waals surface area contributed by atoms with E-state index in [2.05, 4.69) is 25.5 Å². The number of fused-ring (bicyclic) bond motifs is 1. The predicted octanol–water partition coefficient (Wildman–Crippen LogP) is 2.27. The van der Waals surface area contributed by atoms with Crippen LogP contribution in [0.2, 0.25) is 0 Å². The monoisotopic (exact) mass is 286 g/mol. The van der Waals surface area contributed by atoms with Crippen LogP contribution in [0.4, 0.5) is 5.82 Å². The molecule has 0 atom stereocenters. The quantitative estimate of drug-likeness (QED) is 0.742. The standard InChI is InChI=1S/C13H14N6S/c1-3-9-15-10(14-2)8-12(16-9)20-13-18-17-11-6-4-5-7-19(11)13/h4-8H,3H2,1-2H3,(H,14,15,16). The van der Waals surface area contributed by atoms with Crippen molar-refractivity contribution in [1.82, 2.24) is 24.6 Å². The van der Waals surface area contributed by atoms with Gasteiger partial charge in [0.25, 0.3) is 0 Å². The van der Waals surface area contributed by atoms with Crippen molar-refractivity contribution in [1.29, 1.82) is 0 Å². The number of hydrogen-bond donors (Lipinski definition) is 1. The number of aromatic nitrogens is 5. The van der Waals surface area contributed by atoms with Gasteiger partial charge in [0.1, 0.15) is 16.7 Å². The topological polar surface area (TPSA) is 68.0 Å². The van der Waals surface area contributed by atoms with Crippen molar-refractivity contribution in [3.05, 3.63) is 36.3 Å². The van der Waals surface area contributed by atoms with Crippen LogP contribution in [0.15, 0.2) is 40.6 Å². The van der Waals surface area contributed by atoms with Crippen LogP contribution >= 0.6 is 11.8 Å². The molecular weight excluding hydrogens is 272 g/mol. The van der Waals surface area contributed by atoms with Crippen LogP contribution in [0.25, 0.3) is 5.65 Å². The maximum absolute atomic E-state index is 4.51. The summed E-state index contributed by atoms with van der Waals surface area (Å²) in [5, 5.41) is 13.0. The summed E-state index contributed by atoms with van der Waals surface area (Å²) < 4.78 is 1.94. The molecule has 0 aliphatic rings. The lowest BCUT2D eigenvalue weighted by Gasteiger charge is -2.05. The summed E-state index contributed by atoms with van der Waals surface area (Å²) in [6.45, 7) is 2.04. The molecule has 3 rings (SSSR count).